The van der Waals surface area contributed by atoms with Gasteiger partial charge in [0.25, 0.3) is 5.56 Å². The minimum absolute atomic E-state index is 0.0379. The van der Waals surface area contributed by atoms with Gasteiger partial charge in [-0.2, -0.15) is 13.2 Å². The highest BCUT2D eigenvalue weighted by atomic mass is 35.5. The van der Waals surface area contributed by atoms with Crippen LogP contribution in [0.2, 0.25) is 5.02 Å². The summed E-state index contributed by atoms with van der Waals surface area (Å²) in [5.74, 6) is -1.59. The topological polar surface area (TPSA) is 158 Å². The van der Waals surface area contributed by atoms with Gasteiger partial charge in [0.2, 0.25) is 17.6 Å². The first-order valence-corrected chi connectivity index (χ1v) is 15.8. The van der Waals surface area contributed by atoms with E-state index in [9.17, 15) is 27.6 Å². The first-order valence-electron chi connectivity index (χ1n) is 15.4. The van der Waals surface area contributed by atoms with Gasteiger partial charge in [-0.05, 0) is 30.5 Å². The first kappa shape index (κ1) is 34.5. The van der Waals surface area contributed by atoms with E-state index in [1.54, 1.807) is 49.5 Å². The highest BCUT2D eigenvalue weighted by Gasteiger charge is 2.36. The van der Waals surface area contributed by atoms with Crippen LogP contribution in [0.25, 0.3) is 33.4 Å². The van der Waals surface area contributed by atoms with Crippen LogP contribution < -0.4 is 31.9 Å². The third-order valence-electron chi connectivity index (χ3n) is 8.48. The lowest BCUT2D eigenvalue weighted by atomic mass is 9.96. The summed E-state index contributed by atoms with van der Waals surface area (Å²) in [6.45, 7) is 2.68. The van der Waals surface area contributed by atoms with Crippen molar-refractivity contribution in [3.05, 3.63) is 85.5 Å². The number of hydrogen-bond acceptors (Lipinski definition) is 10. The monoisotopic (exact) mass is 709 g/mol. The molecule has 0 aliphatic carbocycles. The molecule has 0 saturated carbocycles. The standard InChI is InChI=1S/C33H31ClF3N9O4/c1-16-18(7-6-10-21(16)41-27-25-28(44-31(43-27)33(35,36)37)45(2)32(49)46(3)30(25)48)19-8-5-9-20(26(19)34)22-15-39-23(29(42-22)50-4)14-38-13-17-11-12-24(47)40-17/h5-10,15,17,38H,11-14H2,1-4H3,(H,40,47)(H,41,43,44). The minimum Gasteiger partial charge on any atom is -0.480 e. The van der Waals surface area contributed by atoms with E-state index >= 15 is 0 Å². The number of hydrogen-bond donors (Lipinski definition) is 3. The van der Waals surface area contributed by atoms with E-state index < -0.39 is 34.7 Å². The number of ether oxygens (including phenoxy) is 1. The fraction of sp³-hybridized carbons (Fsp3) is 0.303. The van der Waals surface area contributed by atoms with E-state index in [4.69, 9.17) is 16.3 Å². The molecule has 13 nitrogen and oxygen atoms in total. The average molecular weight is 710 g/mol. The lowest BCUT2D eigenvalue weighted by Gasteiger charge is -2.18. The maximum absolute atomic E-state index is 13.9. The molecular formula is C33H31ClF3N9O4. The van der Waals surface area contributed by atoms with E-state index in [1.165, 1.54) is 21.2 Å². The number of carbonyl (C=O) groups is 1. The van der Waals surface area contributed by atoms with Crippen molar-refractivity contribution in [1.82, 2.24) is 39.7 Å². The molecule has 6 rings (SSSR count). The number of rotatable bonds is 9. The van der Waals surface area contributed by atoms with Crippen LogP contribution in [0.4, 0.5) is 24.7 Å². The molecule has 0 spiro atoms. The molecule has 17 heteroatoms. The van der Waals surface area contributed by atoms with Crippen molar-refractivity contribution in [3.63, 3.8) is 0 Å². The number of amides is 1. The summed E-state index contributed by atoms with van der Waals surface area (Å²) in [7, 11) is 3.93. The Morgan fingerprint density at radius 3 is 2.44 bits per heavy atom. The number of anilines is 2. The van der Waals surface area contributed by atoms with Crippen LogP contribution in [0.15, 0.2) is 52.2 Å². The fourth-order valence-corrected chi connectivity index (χ4v) is 6.14. The zero-order valence-corrected chi connectivity index (χ0v) is 28.0. The van der Waals surface area contributed by atoms with Crippen LogP contribution in [0, 0.1) is 6.92 Å². The van der Waals surface area contributed by atoms with Gasteiger partial charge in [-0.3, -0.25) is 23.7 Å². The fourth-order valence-electron chi connectivity index (χ4n) is 5.81. The lowest BCUT2D eigenvalue weighted by molar-refractivity contribution is -0.144. The van der Waals surface area contributed by atoms with Crippen molar-refractivity contribution >= 4 is 40.0 Å². The van der Waals surface area contributed by atoms with Gasteiger partial charge in [-0.25, -0.2) is 19.7 Å². The molecule has 1 aliphatic heterocycles. The SMILES string of the molecule is COc1nc(-c2cccc(-c3cccc(Nc4nc(C(F)(F)F)nc5c4c(=O)n(C)c(=O)n5C)c3C)c2Cl)cnc1CNCC1CCC(=O)N1. The van der Waals surface area contributed by atoms with Crippen molar-refractivity contribution < 1.29 is 22.7 Å². The largest absolute Gasteiger partial charge is 0.480 e. The third kappa shape index (κ3) is 6.50. The quantitative estimate of drug-likeness (QED) is 0.202. The van der Waals surface area contributed by atoms with Gasteiger partial charge in [0.15, 0.2) is 5.65 Å². The second kappa shape index (κ2) is 13.5. The summed E-state index contributed by atoms with van der Waals surface area (Å²) in [6, 6.07) is 10.5. The van der Waals surface area contributed by atoms with E-state index in [0.717, 1.165) is 15.6 Å². The molecule has 1 saturated heterocycles. The maximum Gasteiger partial charge on any atom is 0.451 e. The summed E-state index contributed by atoms with van der Waals surface area (Å²) in [6.07, 6.45) is -2.10. The molecule has 260 valence electrons. The van der Waals surface area contributed by atoms with Crippen LogP contribution in [0.1, 0.15) is 29.9 Å². The Morgan fingerprint density at radius 1 is 1.02 bits per heavy atom. The number of benzene rings is 2. The summed E-state index contributed by atoms with van der Waals surface area (Å²) < 4.78 is 48.7. The van der Waals surface area contributed by atoms with E-state index in [0.29, 0.717) is 69.7 Å². The van der Waals surface area contributed by atoms with Gasteiger partial charge >= 0.3 is 11.9 Å². The number of nitrogens with zero attached hydrogens (tertiary/aromatic N) is 6. The molecule has 3 N–H and O–H groups in total. The molecular weight excluding hydrogens is 679 g/mol. The molecule has 5 aromatic rings. The van der Waals surface area contributed by atoms with Crippen molar-refractivity contribution in [1.29, 1.82) is 0 Å². The number of aromatic nitrogens is 6. The second-order valence-electron chi connectivity index (χ2n) is 11.7. The van der Waals surface area contributed by atoms with Crippen molar-refractivity contribution in [2.75, 3.05) is 19.0 Å². The van der Waals surface area contributed by atoms with Gasteiger partial charge in [-0.15, -0.1) is 0 Å². The summed E-state index contributed by atoms with van der Waals surface area (Å²) in [4.78, 5) is 53.5. The summed E-state index contributed by atoms with van der Waals surface area (Å²) in [5, 5.41) is 9.12. The number of carbonyl (C=O) groups excluding carboxylic acids is 1. The Balaban J connectivity index is 1.34. The number of halogens is 4. The maximum atomic E-state index is 13.9. The predicted octanol–water partition coefficient (Wildman–Crippen LogP) is 4.25. The van der Waals surface area contributed by atoms with Crippen LogP contribution in [-0.2, 0) is 31.6 Å². The second-order valence-corrected chi connectivity index (χ2v) is 12.1. The number of aryl methyl sites for hydroxylation is 1. The molecule has 0 radical (unpaired) electrons. The highest BCUT2D eigenvalue weighted by molar-refractivity contribution is 6.36. The molecule has 4 heterocycles. The summed E-state index contributed by atoms with van der Waals surface area (Å²) >= 11 is 6.99. The normalized spacial score (nSPS) is 14.6. The average Bonchev–Trinajstić information content (AvgIpc) is 3.51. The molecule has 1 unspecified atom stereocenters. The van der Waals surface area contributed by atoms with Gasteiger partial charge in [0.05, 0.1) is 24.0 Å². The molecule has 1 amide bonds. The van der Waals surface area contributed by atoms with Gasteiger partial charge in [0, 0.05) is 56.5 Å². The summed E-state index contributed by atoms with van der Waals surface area (Å²) in [5.41, 5.74) is 1.57. The highest BCUT2D eigenvalue weighted by Crippen LogP contribution is 2.40. The number of fused-ring (bicyclic) bond motifs is 1. The van der Waals surface area contributed by atoms with Gasteiger partial charge < -0.3 is 20.7 Å². The van der Waals surface area contributed by atoms with Crippen molar-refractivity contribution in [2.24, 2.45) is 14.1 Å². The zero-order chi connectivity index (χ0) is 35.9. The smallest absolute Gasteiger partial charge is 0.451 e. The Kier molecular flexibility index (Phi) is 9.33. The van der Waals surface area contributed by atoms with Crippen LogP contribution in [-0.4, -0.2) is 54.7 Å². The Bertz CT molecular complexity index is 2270. The third-order valence-corrected chi connectivity index (χ3v) is 8.89. The molecule has 1 fully saturated rings. The molecule has 3 aromatic heterocycles. The predicted molar refractivity (Wildman–Crippen MR) is 180 cm³/mol. The molecule has 1 atom stereocenters. The van der Waals surface area contributed by atoms with Crippen LogP contribution >= 0.6 is 11.6 Å². The van der Waals surface area contributed by atoms with E-state index in [1.807, 2.05) is 0 Å². The number of alkyl halides is 3. The molecule has 0 bridgehead atoms. The van der Waals surface area contributed by atoms with Crippen molar-refractivity contribution in [2.45, 2.75) is 38.5 Å². The van der Waals surface area contributed by atoms with Gasteiger partial charge in [-0.1, -0.05) is 41.9 Å². The molecule has 50 heavy (non-hydrogen) atoms. The van der Waals surface area contributed by atoms with Gasteiger partial charge in [0.1, 0.15) is 16.9 Å². The van der Waals surface area contributed by atoms with Crippen LogP contribution in [0.5, 0.6) is 5.88 Å². The lowest BCUT2D eigenvalue weighted by Crippen LogP contribution is -2.38. The molecule has 2 aromatic carbocycles. The van der Waals surface area contributed by atoms with E-state index in [2.05, 4.69) is 35.9 Å². The number of methoxy groups -OCH3 is 1. The zero-order valence-electron chi connectivity index (χ0n) is 27.3. The molecule has 1 aliphatic rings. The first-order chi connectivity index (χ1) is 23.8. The minimum atomic E-state index is -4.96. The van der Waals surface area contributed by atoms with Crippen molar-refractivity contribution in [3.8, 4) is 28.3 Å². The Labute approximate surface area is 287 Å². The van der Waals surface area contributed by atoms with Crippen LogP contribution in [0.3, 0.4) is 0 Å². The number of nitrogens with one attached hydrogen (secondary N) is 3. The Hall–Kier alpha value is -5.35. The Morgan fingerprint density at radius 2 is 1.74 bits per heavy atom. The van der Waals surface area contributed by atoms with E-state index in [-0.39, 0.29) is 17.3 Å².